The normalized spacial score (nSPS) is 10.5. The van der Waals surface area contributed by atoms with Crippen molar-refractivity contribution in [2.75, 3.05) is 12.4 Å². The smallest absolute Gasteiger partial charge is 0.269 e. The number of aromatic nitrogens is 1. The average molecular weight is 458 g/mol. The molecule has 6 nitrogen and oxygen atoms in total. The minimum Gasteiger partial charge on any atom is -0.457 e. The van der Waals surface area contributed by atoms with E-state index < -0.39 is 0 Å². The van der Waals surface area contributed by atoms with E-state index in [1.54, 1.807) is 37.4 Å². The van der Waals surface area contributed by atoms with E-state index in [9.17, 15) is 9.59 Å². The SMILES string of the molecule is CNC(=O)c1cc(Oc2ccc(CCC(=O)Nc3cc(Cl)ccc3Cl)c(C)c2)ccn1. The van der Waals surface area contributed by atoms with Crippen LogP contribution in [-0.2, 0) is 11.2 Å². The Hall–Kier alpha value is -3.09. The van der Waals surface area contributed by atoms with Crippen molar-refractivity contribution in [3.05, 3.63) is 81.6 Å². The Balaban J connectivity index is 1.61. The van der Waals surface area contributed by atoms with Gasteiger partial charge in [0.1, 0.15) is 17.2 Å². The fourth-order valence-electron chi connectivity index (χ4n) is 2.93. The van der Waals surface area contributed by atoms with Crippen LogP contribution in [0.1, 0.15) is 28.0 Å². The summed E-state index contributed by atoms with van der Waals surface area (Å²) in [6, 6.07) is 13.8. The molecule has 0 aliphatic heterocycles. The number of pyridine rings is 1. The Morgan fingerprint density at radius 3 is 2.55 bits per heavy atom. The van der Waals surface area contributed by atoms with Gasteiger partial charge in [-0.3, -0.25) is 14.6 Å². The Morgan fingerprint density at radius 1 is 1.03 bits per heavy atom. The van der Waals surface area contributed by atoms with Gasteiger partial charge in [0.15, 0.2) is 0 Å². The van der Waals surface area contributed by atoms with E-state index in [-0.39, 0.29) is 17.5 Å². The van der Waals surface area contributed by atoms with Crippen molar-refractivity contribution in [3.63, 3.8) is 0 Å². The minimum absolute atomic E-state index is 0.151. The number of carbonyl (C=O) groups excluding carboxylic acids is 2. The molecule has 3 aromatic rings. The lowest BCUT2D eigenvalue weighted by Gasteiger charge is -2.11. The van der Waals surface area contributed by atoms with Crippen molar-refractivity contribution in [1.29, 1.82) is 0 Å². The van der Waals surface area contributed by atoms with Crippen LogP contribution in [0.4, 0.5) is 5.69 Å². The highest BCUT2D eigenvalue weighted by atomic mass is 35.5. The van der Waals surface area contributed by atoms with Gasteiger partial charge in [0, 0.05) is 30.8 Å². The van der Waals surface area contributed by atoms with Crippen molar-refractivity contribution < 1.29 is 14.3 Å². The molecule has 0 bridgehead atoms. The third kappa shape index (κ3) is 6.20. The molecule has 3 rings (SSSR count). The second-order valence-corrected chi connectivity index (χ2v) is 7.66. The van der Waals surface area contributed by atoms with Gasteiger partial charge in [-0.1, -0.05) is 29.3 Å². The number of hydrogen-bond donors (Lipinski definition) is 2. The summed E-state index contributed by atoms with van der Waals surface area (Å²) in [5.41, 5.74) is 2.79. The van der Waals surface area contributed by atoms with Crippen LogP contribution in [0.5, 0.6) is 11.5 Å². The first-order valence-electron chi connectivity index (χ1n) is 9.56. The molecule has 1 heterocycles. The van der Waals surface area contributed by atoms with Crippen molar-refractivity contribution >= 4 is 40.7 Å². The van der Waals surface area contributed by atoms with Crippen molar-refractivity contribution in [2.24, 2.45) is 0 Å². The lowest BCUT2D eigenvalue weighted by Crippen LogP contribution is -2.18. The largest absolute Gasteiger partial charge is 0.457 e. The average Bonchev–Trinajstić information content (AvgIpc) is 2.75. The monoisotopic (exact) mass is 457 g/mol. The van der Waals surface area contributed by atoms with E-state index in [0.717, 1.165) is 11.1 Å². The number of carbonyl (C=O) groups is 2. The molecule has 0 unspecified atom stereocenters. The van der Waals surface area contributed by atoms with Crippen LogP contribution in [0.15, 0.2) is 54.7 Å². The number of nitrogens with zero attached hydrogens (tertiary/aromatic N) is 1. The topological polar surface area (TPSA) is 80.3 Å². The molecule has 0 fully saturated rings. The summed E-state index contributed by atoms with van der Waals surface area (Å²) in [5.74, 6) is 0.709. The van der Waals surface area contributed by atoms with Gasteiger partial charge in [-0.25, -0.2) is 0 Å². The predicted molar refractivity (Wildman–Crippen MR) is 122 cm³/mol. The molecule has 0 saturated heterocycles. The van der Waals surface area contributed by atoms with Gasteiger partial charge in [-0.05, 0) is 60.9 Å². The molecule has 0 spiro atoms. The third-order valence-electron chi connectivity index (χ3n) is 4.56. The summed E-state index contributed by atoms with van der Waals surface area (Å²) in [4.78, 5) is 28.0. The number of hydrogen-bond acceptors (Lipinski definition) is 4. The quantitative estimate of drug-likeness (QED) is 0.496. The first-order chi connectivity index (χ1) is 14.9. The van der Waals surface area contributed by atoms with Gasteiger partial charge in [0.2, 0.25) is 5.91 Å². The van der Waals surface area contributed by atoms with Gasteiger partial charge >= 0.3 is 0 Å². The van der Waals surface area contributed by atoms with E-state index in [1.807, 2.05) is 25.1 Å². The van der Waals surface area contributed by atoms with E-state index >= 15 is 0 Å². The lowest BCUT2D eigenvalue weighted by molar-refractivity contribution is -0.116. The van der Waals surface area contributed by atoms with Gasteiger partial charge in [-0.2, -0.15) is 0 Å². The second-order valence-electron chi connectivity index (χ2n) is 6.82. The molecule has 8 heteroatoms. The molecule has 0 radical (unpaired) electrons. The van der Waals surface area contributed by atoms with Gasteiger partial charge in [0.05, 0.1) is 10.7 Å². The van der Waals surface area contributed by atoms with E-state index in [1.165, 1.54) is 6.20 Å². The number of anilines is 1. The number of benzene rings is 2. The molecule has 0 atom stereocenters. The summed E-state index contributed by atoms with van der Waals surface area (Å²) >= 11 is 12.0. The van der Waals surface area contributed by atoms with Gasteiger partial charge in [0.25, 0.3) is 5.91 Å². The van der Waals surface area contributed by atoms with E-state index in [0.29, 0.717) is 40.1 Å². The second kappa shape index (κ2) is 10.3. The zero-order valence-electron chi connectivity index (χ0n) is 17.0. The van der Waals surface area contributed by atoms with Crippen LogP contribution in [0, 0.1) is 6.92 Å². The van der Waals surface area contributed by atoms with E-state index in [2.05, 4.69) is 15.6 Å². The van der Waals surface area contributed by atoms with Crippen LogP contribution < -0.4 is 15.4 Å². The lowest BCUT2D eigenvalue weighted by atomic mass is 10.0. The van der Waals surface area contributed by atoms with Crippen LogP contribution in [0.2, 0.25) is 10.0 Å². The summed E-state index contributed by atoms with van der Waals surface area (Å²) in [7, 11) is 1.55. The predicted octanol–water partition coefficient (Wildman–Crippen LogP) is 5.42. The van der Waals surface area contributed by atoms with Crippen molar-refractivity contribution in [2.45, 2.75) is 19.8 Å². The number of aryl methyl sites for hydroxylation is 2. The molecular formula is C23H21Cl2N3O3. The van der Waals surface area contributed by atoms with Crippen LogP contribution in [0.3, 0.4) is 0 Å². The highest BCUT2D eigenvalue weighted by Crippen LogP contribution is 2.27. The van der Waals surface area contributed by atoms with Crippen LogP contribution in [-0.4, -0.2) is 23.8 Å². The highest BCUT2D eigenvalue weighted by Gasteiger charge is 2.10. The number of rotatable bonds is 7. The van der Waals surface area contributed by atoms with Crippen LogP contribution >= 0.6 is 23.2 Å². The zero-order valence-corrected chi connectivity index (χ0v) is 18.6. The maximum atomic E-state index is 12.3. The number of amides is 2. The molecular weight excluding hydrogens is 437 g/mol. The number of ether oxygens (including phenoxy) is 1. The van der Waals surface area contributed by atoms with E-state index in [4.69, 9.17) is 27.9 Å². The number of nitrogens with one attached hydrogen (secondary N) is 2. The summed E-state index contributed by atoms with van der Waals surface area (Å²) in [5, 5.41) is 6.25. The fourth-order valence-corrected chi connectivity index (χ4v) is 3.27. The minimum atomic E-state index is -0.283. The molecule has 31 heavy (non-hydrogen) atoms. The molecule has 160 valence electrons. The molecule has 0 aliphatic rings. The summed E-state index contributed by atoms with van der Waals surface area (Å²) in [6.07, 6.45) is 2.38. The maximum absolute atomic E-state index is 12.3. The van der Waals surface area contributed by atoms with Gasteiger partial charge < -0.3 is 15.4 Å². The first kappa shape index (κ1) is 22.6. The molecule has 0 saturated carbocycles. The zero-order chi connectivity index (χ0) is 22.4. The first-order valence-corrected chi connectivity index (χ1v) is 10.3. The third-order valence-corrected chi connectivity index (χ3v) is 5.13. The summed E-state index contributed by atoms with van der Waals surface area (Å²) < 4.78 is 5.85. The van der Waals surface area contributed by atoms with Gasteiger partial charge in [-0.15, -0.1) is 0 Å². The molecule has 2 amide bonds. The molecule has 0 aliphatic carbocycles. The molecule has 2 N–H and O–H groups in total. The molecule has 1 aromatic heterocycles. The molecule has 2 aromatic carbocycles. The Labute approximate surface area is 190 Å². The Bertz CT molecular complexity index is 1120. The van der Waals surface area contributed by atoms with Crippen molar-refractivity contribution in [1.82, 2.24) is 10.3 Å². The standard InChI is InChI=1S/C23H21Cl2N3O3/c1-14-11-17(31-18-9-10-27-21(13-18)23(30)26-2)6-3-15(14)4-8-22(29)28-20-12-16(24)5-7-19(20)25/h3,5-7,9-13H,4,8H2,1-2H3,(H,26,30)(H,28,29). The Kier molecular flexibility index (Phi) is 7.50. The Morgan fingerprint density at radius 2 is 1.81 bits per heavy atom. The van der Waals surface area contributed by atoms with Crippen molar-refractivity contribution in [3.8, 4) is 11.5 Å². The fraction of sp³-hybridized carbons (Fsp3) is 0.174. The maximum Gasteiger partial charge on any atom is 0.269 e. The highest BCUT2D eigenvalue weighted by molar-refractivity contribution is 6.35. The number of halogens is 2. The van der Waals surface area contributed by atoms with Crippen LogP contribution in [0.25, 0.3) is 0 Å². The summed E-state index contributed by atoms with van der Waals surface area (Å²) in [6.45, 7) is 1.95.